The largest absolute Gasteiger partial charge is 0.381 e. The van der Waals surface area contributed by atoms with Crippen LogP contribution < -0.4 is 45.8 Å². The summed E-state index contributed by atoms with van der Waals surface area (Å²) >= 11 is 0. The molecule has 3 spiro atoms. The Balaban J connectivity index is 0.504. The molecule has 3 aliphatic carbocycles. The van der Waals surface area contributed by atoms with Crippen molar-refractivity contribution in [3.63, 3.8) is 0 Å². The topological polar surface area (TPSA) is 311 Å². The number of hydrogen-bond acceptors (Lipinski definition) is 26. The van der Waals surface area contributed by atoms with Gasteiger partial charge in [0.1, 0.15) is 17.5 Å². The van der Waals surface area contributed by atoms with Crippen molar-refractivity contribution in [2.24, 2.45) is 11.7 Å². The van der Waals surface area contributed by atoms with E-state index in [1.807, 2.05) is 91.0 Å². The molecule has 0 unspecified atom stereocenters. The lowest BCUT2D eigenvalue weighted by molar-refractivity contribution is -0.175. The van der Waals surface area contributed by atoms with Crippen molar-refractivity contribution in [3.05, 3.63) is 126 Å². The molecule has 9 aliphatic rings. The van der Waals surface area contributed by atoms with Crippen molar-refractivity contribution in [2.45, 2.75) is 119 Å². The van der Waals surface area contributed by atoms with Gasteiger partial charge in [0.25, 0.3) is 11.8 Å². The number of ether oxygens (including phenoxy) is 8. The first kappa shape index (κ1) is 73.5. The summed E-state index contributed by atoms with van der Waals surface area (Å²) in [7, 11) is 1.76. The van der Waals surface area contributed by atoms with E-state index in [2.05, 4.69) is 67.7 Å². The monoisotopic (exact) mass is 1520 g/mol. The second kappa shape index (κ2) is 30.5. The first-order valence-corrected chi connectivity index (χ1v) is 39.6. The zero-order valence-electron chi connectivity index (χ0n) is 64.1. The molecule has 0 radical (unpaired) electrons. The molecule has 4 atom stereocenters. The number of nitrogens with one attached hydrogen (secondary N) is 2. The van der Waals surface area contributed by atoms with Crippen LogP contribution in [0.1, 0.15) is 97.3 Å². The SMILES string of the molecule is COC1CC2(C1)CN(c1nc(N3CCOC[C@@H]3C)c3ccc(-c4cccc(C(=O)NCCOC5CC6(C5)CN(c5nc(N7CCOC[C@@H]7C)c7ccc(-c8cccc(C(=O)NCC9CC%10(C9)CN(c9nc(N%11CCOC[C@@H]%11C)c%11ccc(-c%12cccc(C(N)=O)c%12)nc%11n9)[C@@H](C)CO%10)c8)nc7n5)CCO6)c4)nc3n1)CCO2. The van der Waals surface area contributed by atoms with Crippen molar-refractivity contribution in [1.29, 1.82) is 0 Å². The Morgan fingerprint density at radius 1 is 0.455 bits per heavy atom. The number of morpholine rings is 6. The highest BCUT2D eigenvalue weighted by Gasteiger charge is 2.52. The van der Waals surface area contributed by atoms with Crippen LogP contribution in [0.4, 0.5) is 35.3 Å². The molecule has 6 saturated heterocycles. The summed E-state index contributed by atoms with van der Waals surface area (Å²) in [6.45, 7) is 19.9. The highest BCUT2D eigenvalue weighted by Crippen LogP contribution is 2.47. The van der Waals surface area contributed by atoms with E-state index >= 15 is 0 Å². The third-order valence-corrected chi connectivity index (χ3v) is 24.1. The number of fused-ring (bicyclic) bond motifs is 3. The second-order valence-corrected chi connectivity index (χ2v) is 32.0. The van der Waals surface area contributed by atoms with Crippen LogP contribution >= 0.6 is 0 Å². The quantitative estimate of drug-likeness (QED) is 0.0649. The van der Waals surface area contributed by atoms with E-state index in [0.29, 0.717) is 213 Å². The Morgan fingerprint density at radius 2 is 0.884 bits per heavy atom. The number of carbonyl (C=O) groups excluding carboxylic acids is 3. The van der Waals surface area contributed by atoms with Crippen LogP contribution in [0.5, 0.6) is 0 Å². The third-order valence-electron chi connectivity index (χ3n) is 24.1. The minimum Gasteiger partial charge on any atom is -0.381 e. The Labute approximate surface area is 649 Å². The molecular weight excluding hydrogens is 1430 g/mol. The number of primary amides is 1. The van der Waals surface area contributed by atoms with Gasteiger partial charge in [0.15, 0.2) is 16.9 Å². The number of methoxy groups -OCH3 is 1. The fraction of sp³-hybridized carbons (Fsp3) is 0.494. The summed E-state index contributed by atoms with van der Waals surface area (Å²) in [5.41, 5.74) is 12.0. The Hall–Kier alpha value is -9.98. The molecule has 6 aromatic heterocycles. The number of rotatable bonds is 19. The predicted octanol–water partition coefficient (Wildman–Crippen LogP) is 7.85. The molecule has 3 amide bonds. The Kier molecular flexibility index (Phi) is 20.0. The summed E-state index contributed by atoms with van der Waals surface area (Å²) in [6.07, 6.45) is 4.68. The van der Waals surface area contributed by atoms with Crippen molar-refractivity contribution in [2.75, 3.05) is 168 Å². The van der Waals surface area contributed by atoms with Gasteiger partial charge in [0, 0.05) is 112 Å². The molecule has 0 bridgehead atoms. The first-order valence-electron chi connectivity index (χ1n) is 39.6. The van der Waals surface area contributed by atoms with E-state index in [0.717, 1.165) is 76.0 Å². The van der Waals surface area contributed by atoms with Crippen LogP contribution in [0.3, 0.4) is 0 Å². The number of aromatic nitrogens is 9. The molecule has 9 aromatic rings. The molecule has 18 rings (SSSR count). The van der Waals surface area contributed by atoms with Gasteiger partial charge in [-0.25, -0.2) is 15.0 Å². The number of hydrogen-bond donors (Lipinski definition) is 3. The molecule has 12 heterocycles. The van der Waals surface area contributed by atoms with Crippen LogP contribution in [0.25, 0.3) is 66.9 Å². The van der Waals surface area contributed by atoms with E-state index in [1.54, 1.807) is 25.3 Å². The minimum absolute atomic E-state index is 0.0215. The average molecular weight is 1520 g/mol. The van der Waals surface area contributed by atoms with Gasteiger partial charge in [-0.1, -0.05) is 36.4 Å². The van der Waals surface area contributed by atoms with E-state index in [1.165, 1.54) is 0 Å². The minimum atomic E-state index is -0.506. The van der Waals surface area contributed by atoms with E-state index < -0.39 is 17.1 Å². The van der Waals surface area contributed by atoms with E-state index in [9.17, 15) is 14.4 Å². The maximum atomic E-state index is 14.2. The van der Waals surface area contributed by atoms with Gasteiger partial charge >= 0.3 is 0 Å². The predicted molar refractivity (Wildman–Crippen MR) is 423 cm³/mol. The molecule has 3 aromatic carbocycles. The van der Waals surface area contributed by atoms with Crippen LogP contribution in [0.15, 0.2) is 109 Å². The summed E-state index contributed by atoms with van der Waals surface area (Å²) in [4.78, 5) is 101. The summed E-state index contributed by atoms with van der Waals surface area (Å²) in [5.74, 6) is 3.53. The smallest absolute Gasteiger partial charge is 0.251 e. The van der Waals surface area contributed by atoms with Crippen molar-refractivity contribution >= 4 is 86.1 Å². The van der Waals surface area contributed by atoms with E-state index in [4.69, 9.17) is 88.5 Å². The molecule has 29 heteroatoms. The molecule has 4 N–H and O–H groups in total. The maximum Gasteiger partial charge on any atom is 0.251 e. The van der Waals surface area contributed by atoms with Gasteiger partial charge in [-0.05, 0) is 119 Å². The lowest BCUT2D eigenvalue weighted by Crippen LogP contribution is -2.63. The van der Waals surface area contributed by atoms with Gasteiger partial charge in [0.05, 0.1) is 172 Å². The van der Waals surface area contributed by atoms with Gasteiger partial charge in [-0.3, -0.25) is 14.4 Å². The van der Waals surface area contributed by atoms with Crippen LogP contribution in [0, 0.1) is 5.92 Å². The molecular formula is C83H96N18O11. The molecule has 29 nitrogen and oxygen atoms in total. The second-order valence-electron chi connectivity index (χ2n) is 32.0. The number of nitrogens with zero attached hydrogens (tertiary/aromatic N) is 15. The first-order chi connectivity index (χ1) is 54.5. The van der Waals surface area contributed by atoms with Crippen LogP contribution in [-0.4, -0.2) is 254 Å². The van der Waals surface area contributed by atoms with Gasteiger partial charge < -0.3 is 83.7 Å². The summed E-state index contributed by atoms with van der Waals surface area (Å²) in [5, 5.41) is 8.86. The maximum absolute atomic E-state index is 14.2. The van der Waals surface area contributed by atoms with Crippen molar-refractivity contribution in [3.8, 4) is 33.8 Å². The number of amides is 3. The molecule has 3 saturated carbocycles. The summed E-state index contributed by atoms with van der Waals surface area (Å²) < 4.78 is 49.2. The van der Waals surface area contributed by atoms with Crippen LogP contribution in [0.2, 0.25) is 0 Å². The zero-order chi connectivity index (χ0) is 76.4. The van der Waals surface area contributed by atoms with Gasteiger partial charge in [0.2, 0.25) is 23.8 Å². The fourth-order valence-corrected chi connectivity index (χ4v) is 17.8. The molecule has 112 heavy (non-hydrogen) atoms. The van der Waals surface area contributed by atoms with Gasteiger partial charge in [-0.2, -0.15) is 29.9 Å². The van der Waals surface area contributed by atoms with Crippen molar-refractivity contribution in [1.82, 2.24) is 55.5 Å². The standard InChI is InChI=1S/C83H96N18O11/c1-50-43-106-28-24-98(50)73-63-15-19-67(87-70(63)90-78(93-73)96-22-31-110-82(47-96)38-61(39-82)105-5)56-10-7-13-59(34-56)76(103)85-21-27-109-62-40-83(41-62)48-97(23-32-111-83)79-91-71-64(74(94-79)99-25-29-107-44-51(99)2)16-20-68(88-71)57-11-8-14-60(35-57)77(104)86-42-54-36-81(37-54)49-101(53(4)46-112-81)80-92-72-65(75(95-80)100-26-30-108-45-52(100)3)17-18-66(89-72)55-9-6-12-58(33-55)69(84)102/h6-20,33-35,50-54,61-62H,21-32,36-49H2,1-5H3,(H2,84,102)(H,85,103)(H,86,104)/t50-,51-,52-,53-,54?,61?,62?,81?,82?,83?/m0/s1. The number of benzene rings is 3. The molecule has 6 aliphatic heterocycles. The number of anilines is 6. The number of carbonyl (C=O) groups is 3. The molecule has 584 valence electrons. The Bertz CT molecular complexity index is 5060. The average Bonchev–Trinajstić information content (AvgIpc) is 0.751. The number of nitrogens with two attached hydrogens (primary N) is 1. The fourth-order valence-electron chi connectivity index (χ4n) is 17.8. The van der Waals surface area contributed by atoms with Crippen molar-refractivity contribution < 1.29 is 52.3 Å². The molecule has 9 fully saturated rings. The van der Waals surface area contributed by atoms with Gasteiger partial charge in [-0.15, -0.1) is 0 Å². The lowest BCUT2D eigenvalue weighted by atomic mass is 9.69. The number of pyridine rings is 3. The Morgan fingerprint density at radius 3 is 1.36 bits per heavy atom. The lowest BCUT2D eigenvalue weighted by Gasteiger charge is -2.54. The van der Waals surface area contributed by atoms with Crippen LogP contribution in [-0.2, 0) is 37.9 Å². The third kappa shape index (κ3) is 14.6. The normalized spacial score (nSPS) is 26.7. The zero-order valence-corrected chi connectivity index (χ0v) is 64.1. The summed E-state index contributed by atoms with van der Waals surface area (Å²) in [6, 6.07) is 34.6. The van der Waals surface area contributed by atoms with E-state index in [-0.39, 0.29) is 59.7 Å². The highest BCUT2D eigenvalue weighted by molar-refractivity contribution is 5.98. The highest BCUT2D eigenvalue weighted by atomic mass is 16.5.